The molecule has 0 saturated heterocycles. The van der Waals surface area contributed by atoms with Gasteiger partial charge in [-0.05, 0) is 37.1 Å². The normalized spacial score (nSPS) is 16.3. The van der Waals surface area contributed by atoms with Crippen molar-refractivity contribution in [3.8, 4) is 0 Å². The van der Waals surface area contributed by atoms with Crippen molar-refractivity contribution in [3.05, 3.63) is 26.1 Å². The Morgan fingerprint density at radius 2 is 2.00 bits per heavy atom. The fourth-order valence-electron chi connectivity index (χ4n) is 2.62. The molecule has 0 unspecified atom stereocenters. The van der Waals surface area contributed by atoms with Gasteiger partial charge in [-0.3, -0.25) is 0 Å². The Hall–Kier alpha value is -1.50. The van der Waals surface area contributed by atoms with Crippen LogP contribution in [0.15, 0.2) is 4.79 Å². The number of thiazole rings is 1. The fraction of sp³-hybridized carbons (Fsp3) is 0.667. The first-order chi connectivity index (χ1) is 9.15. The monoisotopic (exact) mass is 279 g/mol. The Balaban J connectivity index is 1.86. The summed E-state index contributed by atoms with van der Waals surface area (Å²) < 4.78 is 2.96. The van der Waals surface area contributed by atoms with Crippen LogP contribution >= 0.6 is 11.3 Å². The summed E-state index contributed by atoms with van der Waals surface area (Å²) in [5, 5.41) is 9.03. The maximum atomic E-state index is 12.3. The molecule has 3 rings (SSSR count). The van der Waals surface area contributed by atoms with Gasteiger partial charge in [0.25, 0.3) is 0 Å². The first kappa shape index (κ1) is 12.5. The molecule has 0 aliphatic heterocycles. The van der Waals surface area contributed by atoms with Crippen molar-refractivity contribution in [2.45, 2.75) is 52.1 Å². The van der Waals surface area contributed by atoms with Crippen molar-refractivity contribution in [2.24, 2.45) is 0 Å². The Kier molecular flexibility index (Phi) is 3.22. The highest BCUT2D eigenvalue weighted by molar-refractivity contribution is 7.11. The number of nitrogens with zero attached hydrogens (tertiary/aromatic N) is 5. The Morgan fingerprint density at radius 1 is 1.26 bits per heavy atom. The number of tetrazole rings is 1. The van der Waals surface area contributed by atoms with E-state index in [1.807, 2.05) is 13.8 Å². The van der Waals surface area contributed by atoms with Crippen molar-refractivity contribution >= 4 is 11.3 Å². The third-order valence-corrected chi connectivity index (χ3v) is 4.56. The van der Waals surface area contributed by atoms with E-state index in [9.17, 15) is 4.79 Å². The quantitative estimate of drug-likeness (QED) is 0.857. The van der Waals surface area contributed by atoms with E-state index < -0.39 is 0 Å². The zero-order valence-electron chi connectivity index (χ0n) is 11.2. The molecular weight excluding hydrogens is 262 g/mol. The Labute approximate surface area is 115 Å². The molecule has 2 aromatic rings. The molecule has 2 aromatic heterocycles. The molecule has 0 amide bonds. The molecule has 6 nitrogen and oxygen atoms in total. The van der Waals surface area contributed by atoms with Crippen molar-refractivity contribution in [2.75, 3.05) is 0 Å². The molecule has 0 N–H and O–H groups in total. The van der Waals surface area contributed by atoms with Crippen LogP contribution in [0.2, 0.25) is 0 Å². The van der Waals surface area contributed by atoms with Crippen LogP contribution < -0.4 is 5.69 Å². The maximum absolute atomic E-state index is 12.3. The zero-order valence-corrected chi connectivity index (χ0v) is 12.0. The van der Waals surface area contributed by atoms with Gasteiger partial charge in [0.1, 0.15) is 0 Å². The van der Waals surface area contributed by atoms with Crippen molar-refractivity contribution in [1.29, 1.82) is 0 Å². The average molecular weight is 279 g/mol. The number of hydrogen-bond donors (Lipinski definition) is 0. The molecule has 1 fully saturated rings. The molecule has 1 aliphatic rings. The summed E-state index contributed by atoms with van der Waals surface area (Å²) in [5.41, 5.74) is 0.806. The molecule has 19 heavy (non-hydrogen) atoms. The molecule has 0 radical (unpaired) electrons. The molecule has 0 bridgehead atoms. The van der Waals surface area contributed by atoms with Gasteiger partial charge in [0.2, 0.25) is 0 Å². The van der Waals surface area contributed by atoms with Crippen molar-refractivity contribution in [1.82, 2.24) is 24.8 Å². The number of aromatic nitrogens is 5. The summed E-state index contributed by atoms with van der Waals surface area (Å²) in [7, 11) is 0. The van der Waals surface area contributed by atoms with E-state index in [4.69, 9.17) is 0 Å². The lowest BCUT2D eigenvalue weighted by atomic mass is 10.3. The molecule has 0 spiro atoms. The maximum Gasteiger partial charge on any atom is 0.364 e. The summed E-state index contributed by atoms with van der Waals surface area (Å²) in [6, 6.07) is 0.236. The predicted molar refractivity (Wildman–Crippen MR) is 72.5 cm³/mol. The second-order valence-corrected chi connectivity index (χ2v) is 6.45. The SMILES string of the molecule is Cc1nc(Cn2nnn(C3CCCC3)c2=O)c(C)s1. The van der Waals surface area contributed by atoms with Gasteiger partial charge in [-0.2, -0.15) is 9.36 Å². The summed E-state index contributed by atoms with van der Waals surface area (Å²) in [6.45, 7) is 4.41. The van der Waals surface area contributed by atoms with E-state index in [0.717, 1.165) is 28.4 Å². The van der Waals surface area contributed by atoms with Crippen LogP contribution in [0.1, 0.15) is 47.3 Å². The summed E-state index contributed by atoms with van der Waals surface area (Å²) in [5.74, 6) is 0. The standard InChI is InChI=1S/C12H17N5OS/c1-8-11(13-9(2)19-8)7-16-12(18)17(15-14-16)10-5-3-4-6-10/h10H,3-7H2,1-2H3. The van der Waals surface area contributed by atoms with Gasteiger partial charge in [-0.15, -0.1) is 11.3 Å². The first-order valence-electron chi connectivity index (χ1n) is 6.60. The summed E-state index contributed by atoms with van der Waals surface area (Å²) >= 11 is 1.64. The second kappa shape index (κ2) is 4.88. The molecule has 102 valence electrons. The Morgan fingerprint density at radius 3 is 2.63 bits per heavy atom. The van der Waals surface area contributed by atoms with Crippen LogP contribution in [0.4, 0.5) is 0 Å². The molecule has 0 atom stereocenters. The first-order valence-corrected chi connectivity index (χ1v) is 7.42. The molecular formula is C12H17N5OS. The summed E-state index contributed by atoms with van der Waals surface area (Å²) in [4.78, 5) is 17.8. The number of hydrogen-bond acceptors (Lipinski definition) is 5. The van der Waals surface area contributed by atoms with Gasteiger partial charge >= 0.3 is 5.69 Å². The van der Waals surface area contributed by atoms with E-state index in [1.54, 1.807) is 16.0 Å². The lowest BCUT2D eigenvalue weighted by molar-refractivity contribution is 0.441. The Bertz CT molecular complexity index is 635. The lowest BCUT2D eigenvalue weighted by Crippen LogP contribution is -2.28. The van der Waals surface area contributed by atoms with Gasteiger partial charge in [0.15, 0.2) is 0 Å². The highest BCUT2D eigenvalue weighted by Crippen LogP contribution is 2.27. The van der Waals surface area contributed by atoms with Crippen molar-refractivity contribution in [3.63, 3.8) is 0 Å². The topological polar surface area (TPSA) is 65.6 Å². The van der Waals surface area contributed by atoms with Crippen molar-refractivity contribution < 1.29 is 0 Å². The number of rotatable bonds is 3. The summed E-state index contributed by atoms with van der Waals surface area (Å²) in [6.07, 6.45) is 4.42. The van der Waals surface area contributed by atoms with Crippen LogP contribution in [0.5, 0.6) is 0 Å². The van der Waals surface area contributed by atoms with Crippen LogP contribution in [0.25, 0.3) is 0 Å². The highest BCUT2D eigenvalue weighted by Gasteiger charge is 2.22. The third kappa shape index (κ3) is 2.34. The van der Waals surface area contributed by atoms with Gasteiger partial charge in [0.05, 0.1) is 23.3 Å². The zero-order chi connectivity index (χ0) is 13.4. The van der Waals surface area contributed by atoms with Gasteiger partial charge in [-0.1, -0.05) is 12.8 Å². The van der Waals surface area contributed by atoms with Gasteiger partial charge < -0.3 is 0 Å². The fourth-order valence-corrected chi connectivity index (χ4v) is 3.45. The largest absolute Gasteiger partial charge is 0.364 e. The van der Waals surface area contributed by atoms with Crippen LogP contribution in [0.3, 0.4) is 0 Å². The van der Waals surface area contributed by atoms with Crippen LogP contribution in [0, 0.1) is 13.8 Å². The minimum Gasteiger partial charge on any atom is -0.244 e. The van der Waals surface area contributed by atoms with E-state index in [2.05, 4.69) is 15.4 Å². The van der Waals surface area contributed by atoms with Crippen LogP contribution in [-0.2, 0) is 6.54 Å². The minimum atomic E-state index is -0.114. The van der Waals surface area contributed by atoms with E-state index in [0.29, 0.717) is 6.54 Å². The van der Waals surface area contributed by atoms with Crippen LogP contribution in [-0.4, -0.2) is 24.8 Å². The predicted octanol–water partition coefficient (Wildman–Crippen LogP) is 1.68. The molecule has 2 heterocycles. The van der Waals surface area contributed by atoms with E-state index in [1.165, 1.54) is 17.5 Å². The van der Waals surface area contributed by atoms with E-state index in [-0.39, 0.29) is 11.7 Å². The second-order valence-electron chi connectivity index (χ2n) is 5.04. The van der Waals surface area contributed by atoms with Gasteiger partial charge in [0, 0.05) is 4.88 Å². The highest BCUT2D eigenvalue weighted by atomic mass is 32.1. The minimum absolute atomic E-state index is 0.114. The molecule has 1 aliphatic carbocycles. The molecule has 0 aromatic carbocycles. The lowest BCUT2D eigenvalue weighted by Gasteiger charge is -2.05. The smallest absolute Gasteiger partial charge is 0.244 e. The van der Waals surface area contributed by atoms with Gasteiger partial charge in [-0.25, -0.2) is 9.78 Å². The van der Waals surface area contributed by atoms with E-state index >= 15 is 0 Å². The molecule has 7 heteroatoms. The third-order valence-electron chi connectivity index (χ3n) is 3.63. The number of aryl methyl sites for hydroxylation is 2. The molecule has 1 saturated carbocycles. The average Bonchev–Trinajstić information content (AvgIpc) is 3.04.